The van der Waals surface area contributed by atoms with Crippen LogP contribution in [0.15, 0.2) is 78.9 Å². The molecule has 0 spiro atoms. The second-order valence-electron chi connectivity index (χ2n) is 6.97. The molecule has 1 nitrogen and oxygen atoms in total. The summed E-state index contributed by atoms with van der Waals surface area (Å²) in [6.07, 6.45) is 4.76. The van der Waals surface area contributed by atoms with Crippen LogP contribution in [0.25, 0.3) is 16.3 Å². The molecule has 0 bridgehead atoms. The van der Waals surface area contributed by atoms with Gasteiger partial charge in [-0.25, -0.2) is 0 Å². The van der Waals surface area contributed by atoms with E-state index in [0.29, 0.717) is 6.04 Å². The van der Waals surface area contributed by atoms with E-state index in [1.54, 1.807) is 0 Å². The van der Waals surface area contributed by atoms with Gasteiger partial charge in [0.15, 0.2) is 0 Å². The lowest BCUT2D eigenvalue weighted by atomic mass is 9.91. The largest absolute Gasteiger partial charge is 0.292 e. The zero-order valence-corrected chi connectivity index (χ0v) is 14.9. The zero-order valence-electron chi connectivity index (χ0n) is 14.9. The van der Waals surface area contributed by atoms with Crippen molar-refractivity contribution in [1.29, 1.82) is 0 Å². The number of fused-ring (bicyclic) bond motifs is 1. The molecule has 126 valence electrons. The van der Waals surface area contributed by atoms with Crippen LogP contribution < -0.4 is 0 Å². The summed E-state index contributed by atoms with van der Waals surface area (Å²) in [4.78, 5) is 2.61. The van der Waals surface area contributed by atoms with Crippen LogP contribution in [0.2, 0.25) is 0 Å². The first-order valence-corrected chi connectivity index (χ1v) is 9.29. The molecule has 0 amide bonds. The minimum absolute atomic E-state index is 0.617. The second-order valence-corrected chi connectivity index (χ2v) is 6.97. The molecule has 1 aliphatic heterocycles. The molecule has 3 aromatic rings. The molecule has 3 aromatic carbocycles. The van der Waals surface area contributed by atoms with Gasteiger partial charge in [-0.3, -0.25) is 4.90 Å². The van der Waals surface area contributed by atoms with Crippen LogP contribution in [0, 0.1) is 0 Å². The van der Waals surface area contributed by atoms with Crippen molar-refractivity contribution >= 4 is 16.3 Å². The maximum Gasteiger partial charge on any atom is 0.0240 e. The van der Waals surface area contributed by atoms with Gasteiger partial charge in [0, 0.05) is 19.1 Å². The van der Waals surface area contributed by atoms with Gasteiger partial charge in [0.05, 0.1) is 0 Å². The van der Waals surface area contributed by atoms with Gasteiger partial charge in [-0.2, -0.15) is 0 Å². The number of hydrogen-bond acceptors (Lipinski definition) is 1. The fourth-order valence-electron chi connectivity index (χ4n) is 3.88. The molecule has 0 aliphatic carbocycles. The first-order chi connectivity index (χ1) is 12.3. The van der Waals surface area contributed by atoms with E-state index >= 15 is 0 Å². The Kier molecular flexibility index (Phi) is 4.67. The Morgan fingerprint density at radius 1 is 0.880 bits per heavy atom. The monoisotopic (exact) mass is 327 g/mol. The van der Waals surface area contributed by atoms with Gasteiger partial charge >= 0.3 is 0 Å². The molecular weight excluding hydrogens is 302 g/mol. The van der Waals surface area contributed by atoms with Gasteiger partial charge in [0.25, 0.3) is 0 Å². The predicted molar refractivity (Wildman–Crippen MR) is 107 cm³/mol. The Labute approximate surface area is 150 Å². The molecule has 0 fully saturated rings. The topological polar surface area (TPSA) is 3.24 Å². The number of rotatable bonds is 4. The van der Waals surface area contributed by atoms with Gasteiger partial charge < -0.3 is 0 Å². The smallest absolute Gasteiger partial charge is 0.0240 e. The third-order valence-corrected chi connectivity index (χ3v) is 5.36. The van der Waals surface area contributed by atoms with Crippen LogP contribution in [0.4, 0.5) is 0 Å². The van der Waals surface area contributed by atoms with Crippen molar-refractivity contribution in [3.63, 3.8) is 0 Å². The van der Waals surface area contributed by atoms with Gasteiger partial charge in [0.2, 0.25) is 0 Å². The van der Waals surface area contributed by atoms with Crippen LogP contribution in [0.5, 0.6) is 0 Å². The van der Waals surface area contributed by atoms with Crippen molar-refractivity contribution in [3.05, 3.63) is 90.0 Å². The average Bonchev–Trinajstić information content (AvgIpc) is 2.69. The highest BCUT2D eigenvalue weighted by Gasteiger charge is 2.22. The standard InChI is InChI=1S/C24H25N/c1-2-24-17-23(14-15-25(24)18-19-8-4-3-5-9-19)22-13-12-20-10-6-7-11-21(20)16-22/h3-14,16,24H,2,15,17-18H2,1H3. The molecule has 0 saturated heterocycles. The van der Waals surface area contributed by atoms with E-state index in [2.05, 4.69) is 90.7 Å². The predicted octanol–water partition coefficient (Wildman–Crippen LogP) is 5.91. The lowest BCUT2D eigenvalue weighted by Gasteiger charge is -2.35. The average molecular weight is 327 g/mol. The van der Waals surface area contributed by atoms with Crippen LogP contribution in [0.3, 0.4) is 0 Å². The van der Waals surface area contributed by atoms with Crippen molar-refractivity contribution in [1.82, 2.24) is 4.90 Å². The molecule has 0 aromatic heterocycles. The van der Waals surface area contributed by atoms with E-state index in [9.17, 15) is 0 Å². The van der Waals surface area contributed by atoms with E-state index in [-0.39, 0.29) is 0 Å². The summed E-state index contributed by atoms with van der Waals surface area (Å²) in [5.41, 5.74) is 4.29. The summed E-state index contributed by atoms with van der Waals surface area (Å²) >= 11 is 0. The molecule has 0 saturated carbocycles. The summed E-state index contributed by atoms with van der Waals surface area (Å²) in [5.74, 6) is 0. The first-order valence-electron chi connectivity index (χ1n) is 9.29. The molecule has 1 heteroatoms. The molecule has 1 heterocycles. The third kappa shape index (κ3) is 3.52. The van der Waals surface area contributed by atoms with E-state index < -0.39 is 0 Å². The van der Waals surface area contributed by atoms with Crippen molar-refractivity contribution in [2.75, 3.05) is 6.54 Å². The normalized spacial score (nSPS) is 18.3. The van der Waals surface area contributed by atoms with E-state index in [0.717, 1.165) is 19.5 Å². The molecule has 1 atom stereocenters. The van der Waals surface area contributed by atoms with Gasteiger partial charge in [-0.1, -0.05) is 79.7 Å². The molecular formula is C24H25N. The van der Waals surface area contributed by atoms with Crippen molar-refractivity contribution in [3.8, 4) is 0 Å². The Morgan fingerprint density at radius 3 is 2.44 bits per heavy atom. The minimum atomic E-state index is 0.617. The summed E-state index contributed by atoms with van der Waals surface area (Å²) in [5, 5.41) is 2.65. The highest BCUT2D eigenvalue weighted by molar-refractivity contribution is 5.86. The summed E-state index contributed by atoms with van der Waals surface area (Å²) < 4.78 is 0. The maximum absolute atomic E-state index is 2.61. The molecule has 4 rings (SSSR count). The van der Waals surface area contributed by atoms with Gasteiger partial charge in [-0.05, 0) is 46.4 Å². The van der Waals surface area contributed by atoms with Crippen molar-refractivity contribution < 1.29 is 0 Å². The Bertz CT molecular complexity index is 879. The van der Waals surface area contributed by atoms with Crippen LogP contribution in [0.1, 0.15) is 30.9 Å². The maximum atomic E-state index is 2.61. The number of hydrogen-bond donors (Lipinski definition) is 0. The van der Waals surface area contributed by atoms with Gasteiger partial charge in [-0.15, -0.1) is 0 Å². The fourth-order valence-corrected chi connectivity index (χ4v) is 3.88. The molecule has 0 N–H and O–H groups in total. The van der Waals surface area contributed by atoms with Gasteiger partial charge in [0.1, 0.15) is 0 Å². The molecule has 25 heavy (non-hydrogen) atoms. The zero-order chi connectivity index (χ0) is 17.1. The van der Waals surface area contributed by atoms with Crippen molar-refractivity contribution in [2.45, 2.75) is 32.4 Å². The molecule has 1 unspecified atom stereocenters. The second kappa shape index (κ2) is 7.25. The highest BCUT2D eigenvalue weighted by atomic mass is 15.2. The Balaban J connectivity index is 1.57. The summed E-state index contributed by atoms with van der Waals surface area (Å²) in [7, 11) is 0. The molecule has 0 radical (unpaired) electrons. The lowest BCUT2D eigenvalue weighted by molar-refractivity contribution is 0.198. The lowest BCUT2D eigenvalue weighted by Crippen LogP contribution is -2.37. The third-order valence-electron chi connectivity index (χ3n) is 5.36. The molecule has 1 aliphatic rings. The minimum Gasteiger partial charge on any atom is -0.292 e. The summed E-state index contributed by atoms with van der Waals surface area (Å²) in [6.45, 7) is 4.39. The van der Waals surface area contributed by atoms with Crippen LogP contribution >= 0.6 is 0 Å². The quantitative estimate of drug-likeness (QED) is 0.576. The van der Waals surface area contributed by atoms with E-state index in [1.807, 2.05) is 0 Å². The Morgan fingerprint density at radius 2 is 1.64 bits per heavy atom. The van der Waals surface area contributed by atoms with Crippen LogP contribution in [-0.2, 0) is 6.54 Å². The fraction of sp³-hybridized carbons (Fsp3) is 0.250. The van der Waals surface area contributed by atoms with Crippen molar-refractivity contribution in [2.24, 2.45) is 0 Å². The van der Waals surface area contributed by atoms with E-state index in [4.69, 9.17) is 0 Å². The number of nitrogens with zero attached hydrogens (tertiary/aromatic N) is 1. The SMILES string of the molecule is CCC1CC(c2ccc3ccccc3c2)=CCN1Cc1ccccc1. The number of benzene rings is 3. The van der Waals surface area contributed by atoms with E-state index in [1.165, 1.54) is 33.9 Å². The summed E-state index contributed by atoms with van der Waals surface area (Å²) in [6, 6.07) is 27.0. The first kappa shape index (κ1) is 16.1. The highest BCUT2D eigenvalue weighted by Crippen LogP contribution is 2.30. The Hall–Kier alpha value is -2.38. The van der Waals surface area contributed by atoms with Crippen LogP contribution in [-0.4, -0.2) is 17.5 Å².